The number of aryl methyl sites for hydroxylation is 1. The molecule has 6 heteroatoms. The number of carbonyl (C=O) groups excluding carboxylic acids is 1. The first-order chi connectivity index (χ1) is 12.5. The largest absolute Gasteiger partial charge is 0.469 e. The summed E-state index contributed by atoms with van der Waals surface area (Å²) in [5.41, 5.74) is 2.98. The third-order valence-electron chi connectivity index (χ3n) is 5.85. The number of carbonyl (C=O) groups is 1. The molecule has 2 atom stereocenters. The zero-order valence-corrected chi connectivity index (χ0v) is 19.2. The molecular formula is C21H32IN3O2. The van der Waals surface area contributed by atoms with E-state index in [2.05, 4.69) is 55.3 Å². The number of rotatable bonds is 5. The molecule has 2 unspecified atom stereocenters. The van der Waals surface area contributed by atoms with Crippen molar-refractivity contribution in [3.05, 3.63) is 35.4 Å². The number of halogens is 1. The molecule has 1 aliphatic heterocycles. The minimum absolute atomic E-state index is 0. The lowest BCUT2D eigenvalue weighted by Crippen LogP contribution is -2.41. The van der Waals surface area contributed by atoms with Crippen molar-refractivity contribution >= 4 is 35.9 Å². The molecule has 3 rings (SSSR count). The number of ether oxygens (including phenoxy) is 1. The second kappa shape index (κ2) is 9.26. The van der Waals surface area contributed by atoms with Crippen LogP contribution in [0.2, 0.25) is 0 Å². The molecule has 1 saturated carbocycles. The lowest BCUT2D eigenvalue weighted by atomic mass is 9.92. The number of esters is 1. The smallest absolute Gasteiger partial charge is 0.310 e. The van der Waals surface area contributed by atoms with Crippen molar-refractivity contribution in [2.75, 3.05) is 33.3 Å². The minimum Gasteiger partial charge on any atom is -0.469 e. The number of methoxy groups -OCH3 is 1. The van der Waals surface area contributed by atoms with Crippen LogP contribution < -0.4 is 5.32 Å². The summed E-state index contributed by atoms with van der Waals surface area (Å²) in [5, 5.41) is 3.41. The average molecular weight is 485 g/mol. The Balaban J connectivity index is 0.00000261. The van der Waals surface area contributed by atoms with Crippen molar-refractivity contribution in [2.24, 2.45) is 16.8 Å². The zero-order chi connectivity index (χ0) is 18.7. The van der Waals surface area contributed by atoms with Gasteiger partial charge in [-0.2, -0.15) is 0 Å². The highest BCUT2D eigenvalue weighted by atomic mass is 127. The van der Waals surface area contributed by atoms with E-state index in [0.717, 1.165) is 25.6 Å². The van der Waals surface area contributed by atoms with Crippen molar-refractivity contribution in [3.8, 4) is 0 Å². The van der Waals surface area contributed by atoms with Crippen molar-refractivity contribution in [1.82, 2.24) is 10.2 Å². The summed E-state index contributed by atoms with van der Waals surface area (Å²) in [4.78, 5) is 19.2. The summed E-state index contributed by atoms with van der Waals surface area (Å²) >= 11 is 0. The molecule has 1 N–H and O–H groups in total. The predicted molar refractivity (Wildman–Crippen MR) is 120 cm³/mol. The first-order valence-electron chi connectivity index (χ1n) is 9.68. The average Bonchev–Trinajstić information content (AvgIpc) is 3.33. The Labute approximate surface area is 180 Å². The van der Waals surface area contributed by atoms with Gasteiger partial charge in [0.05, 0.1) is 19.6 Å². The van der Waals surface area contributed by atoms with Crippen molar-refractivity contribution in [3.63, 3.8) is 0 Å². The van der Waals surface area contributed by atoms with Crippen LogP contribution in [0, 0.1) is 18.8 Å². The van der Waals surface area contributed by atoms with E-state index < -0.39 is 0 Å². The molecule has 2 fully saturated rings. The SMILES string of the molecule is CCNC(=NCC1(c2ccccc2C)CC1)N1CC(C)C(C(=O)OC)C1.I. The summed E-state index contributed by atoms with van der Waals surface area (Å²) in [6.45, 7) is 9.52. The summed E-state index contributed by atoms with van der Waals surface area (Å²) in [6, 6.07) is 8.66. The Morgan fingerprint density at radius 3 is 2.63 bits per heavy atom. The Kier molecular flexibility index (Phi) is 7.54. The highest BCUT2D eigenvalue weighted by Crippen LogP contribution is 2.49. The summed E-state index contributed by atoms with van der Waals surface area (Å²) in [5.74, 6) is 1.01. The van der Waals surface area contributed by atoms with Gasteiger partial charge < -0.3 is 15.0 Å². The summed E-state index contributed by atoms with van der Waals surface area (Å²) < 4.78 is 4.96. The third kappa shape index (κ3) is 4.76. The molecule has 0 amide bonds. The molecule has 27 heavy (non-hydrogen) atoms. The first-order valence-corrected chi connectivity index (χ1v) is 9.68. The Bertz CT molecular complexity index is 688. The number of nitrogens with one attached hydrogen (secondary N) is 1. The second-order valence-electron chi connectivity index (χ2n) is 7.78. The standard InChI is InChI=1S/C21H31N3O2.HI/c1-5-22-20(24-12-16(3)17(13-24)19(25)26-4)23-14-21(10-11-21)18-9-7-6-8-15(18)2;/h6-9,16-17H,5,10-14H2,1-4H3,(H,22,23);1H. The highest BCUT2D eigenvalue weighted by Gasteiger charge is 2.45. The van der Waals surface area contributed by atoms with Gasteiger partial charge in [-0.05, 0) is 43.7 Å². The van der Waals surface area contributed by atoms with Crippen LogP contribution in [-0.2, 0) is 14.9 Å². The van der Waals surface area contributed by atoms with E-state index >= 15 is 0 Å². The topological polar surface area (TPSA) is 53.9 Å². The molecule has 1 aromatic carbocycles. The number of hydrogen-bond acceptors (Lipinski definition) is 3. The van der Waals surface area contributed by atoms with E-state index in [4.69, 9.17) is 9.73 Å². The first kappa shape index (κ1) is 22.0. The fourth-order valence-corrected chi connectivity index (χ4v) is 4.08. The normalized spacial score (nSPS) is 23.6. The summed E-state index contributed by atoms with van der Waals surface area (Å²) in [6.07, 6.45) is 2.39. The number of benzene rings is 1. The number of hydrogen-bond donors (Lipinski definition) is 1. The Morgan fingerprint density at radius 2 is 2.04 bits per heavy atom. The molecule has 0 spiro atoms. The van der Waals surface area contributed by atoms with Gasteiger partial charge in [0.2, 0.25) is 0 Å². The molecule has 1 heterocycles. The van der Waals surface area contributed by atoms with Gasteiger partial charge in [0, 0.05) is 25.0 Å². The van der Waals surface area contributed by atoms with Crippen LogP contribution >= 0.6 is 24.0 Å². The van der Waals surface area contributed by atoms with Gasteiger partial charge in [-0.15, -0.1) is 24.0 Å². The van der Waals surface area contributed by atoms with Crippen molar-refractivity contribution in [1.29, 1.82) is 0 Å². The van der Waals surface area contributed by atoms with E-state index in [1.165, 1.54) is 31.1 Å². The fraction of sp³-hybridized carbons (Fsp3) is 0.619. The van der Waals surface area contributed by atoms with Gasteiger partial charge in [-0.3, -0.25) is 9.79 Å². The molecule has 150 valence electrons. The monoisotopic (exact) mass is 485 g/mol. The van der Waals surface area contributed by atoms with Crippen LogP contribution in [-0.4, -0.2) is 50.1 Å². The molecule has 0 radical (unpaired) electrons. The number of nitrogens with zero attached hydrogens (tertiary/aromatic N) is 2. The van der Waals surface area contributed by atoms with Crippen molar-refractivity contribution in [2.45, 2.75) is 39.0 Å². The highest BCUT2D eigenvalue weighted by molar-refractivity contribution is 14.0. The predicted octanol–water partition coefficient (Wildman–Crippen LogP) is 3.35. The Hall–Kier alpha value is -1.31. The van der Waals surface area contributed by atoms with E-state index in [0.29, 0.717) is 6.54 Å². The second-order valence-corrected chi connectivity index (χ2v) is 7.78. The van der Waals surface area contributed by atoms with Crippen LogP contribution in [0.4, 0.5) is 0 Å². The fourth-order valence-electron chi connectivity index (χ4n) is 4.08. The van der Waals surface area contributed by atoms with E-state index in [1.807, 2.05) is 0 Å². The van der Waals surface area contributed by atoms with Crippen LogP contribution in [0.5, 0.6) is 0 Å². The lowest BCUT2D eigenvalue weighted by Gasteiger charge is -2.23. The molecule has 0 aromatic heterocycles. The van der Waals surface area contributed by atoms with Gasteiger partial charge in [0.1, 0.15) is 0 Å². The molecule has 1 aromatic rings. The summed E-state index contributed by atoms with van der Waals surface area (Å²) in [7, 11) is 1.47. The maximum absolute atomic E-state index is 12.0. The van der Waals surface area contributed by atoms with Crippen LogP contribution in [0.25, 0.3) is 0 Å². The number of aliphatic imine (C=N–C) groups is 1. The quantitative estimate of drug-likeness (QED) is 0.301. The van der Waals surface area contributed by atoms with Gasteiger partial charge in [0.15, 0.2) is 5.96 Å². The van der Waals surface area contributed by atoms with Crippen LogP contribution in [0.3, 0.4) is 0 Å². The maximum Gasteiger partial charge on any atom is 0.310 e. The molecule has 1 saturated heterocycles. The number of likely N-dealkylation sites (tertiary alicyclic amines) is 1. The third-order valence-corrected chi connectivity index (χ3v) is 5.85. The molecule has 2 aliphatic rings. The molecular weight excluding hydrogens is 453 g/mol. The zero-order valence-electron chi connectivity index (χ0n) is 16.8. The van der Waals surface area contributed by atoms with E-state index in [1.54, 1.807) is 0 Å². The van der Waals surface area contributed by atoms with Gasteiger partial charge in [-0.25, -0.2) is 0 Å². The van der Waals surface area contributed by atoms with E-state index in [-0.39, 0.29) is 47.2 Å². The van der Waals surface area contributed by atoms with Crippen LogP contribution in [0.15, 0.2) is 29.3 Å². The molecule has 1 aliphatic carbocycles. The van der Waals surface area contributed by atoms with Gasteiger partial charge in [0.25, 0.3) is 0 Å². The number of guanidine groups is 1. The minimum atomic E-state index is -0.116. The lowest BCUT2D eigenvalue weighted by molar-refractivity contribution is -0.145. The van der Waals surface area contributed by atoms with Crippen molar-refractivity contribution < 1.29 is 9.53 Å². The van der Waals surface area contributed by atoms with Gasteiger partial charge >= 0.3 is 5.97 Å². The Morgan fingerprint density at radius 1 is 1.33 bits per heavy atom. The molecule has 0 bridgehead atoms. The van der Waals surface area contributed by atoms with Gasteiger partial charge in [-0.1, -0.05) is 31.2 Å². The van der Waals surface area contributed by atoms with E-state index in [9.17, 15) is 4.79 Å². The van der Waals surface area contributed by atoms with Crippen LogP contribution in [0.1, 0.15) is 37.8 Å². The molecule has 5 nitrogen and oxygen atoms in total. The maximum atomic E-state index is 12.0.